The summed E-state index contributed by atoms with van der Waals surface area (Å²) in [5.74, 6) is -1.38. The molecule has 0 saturated heterocycles. The van der Waals surface area contributed by atoms with Crippen molar-refractivity contribution < 1.29 is 18.8 Å². The Kier molecular flexibility index (Phi) is 4.24. The van der Waals surface area contributed by atoms with Gasteiger partial charge in [0, 0.05) is 11.6 Å². The highest BCUT2D eigenvalue weighted by Gasteiger charge is 2.34. The van der Waals surface area contributed by atoms with Gasteiger partial charge in [-0.25, -0.2) is 0 Å². The quantitative estimate of drug-likeness (QED) is 0.621. The van der Waals surface area contributed by atoms with E-state index in [1.807, 2.05) is 6.07 Å². The zero-order chi connectivity index (χ0) is 17.4. The molecule has 1 aliphatic carbocycles. The maximum absolute atomic E-state index is 12.8. The van der Waals surface area contributed by atoms with Crippen molar-refractivity contribution in [3.05, 3.63) is 63.6 Å². The number of furan rings is 1. The number of fused-ring (bicyclic) bond motifs is 1. The first kappa shape index (κ1) is 16.4. The Labute approximate surface area is 144 Å². The van der Waals surface area contributed by atoms with Crippen LogP contribution in [0, 0.1) is 5.92 Å². The van der Waals surface area contributed by atoms with E-state index in [-0.39, 0.29) is 27.7 Å². The minimum atomic E-state index is -0.826. The molecule has 2 aromatic rings. The number of benzene rings is 1. The van der Waals surface area contributed by atoms with Gasteiger partial charge in [0.25, 0.3) is 0 Å². The molecule has 1 aromatic heterocycles. The fraction of sp³-hybridized carbons (Fsp3) is 0.211. The molecule has 0 spiro atoms. The van der Waals surface area contributed by atoms with Gasteiger partial charge in [0.2, 0.25) is 11.6 Å². The van der Waals surface area contributed by atoms with E-state index in [2.05, 4.69) is 13.8 Å². The summed E-state index contributed by atoms with van der Waals surface area (Å²) in [5, 5.41) is -0.209. The Morgan fingerprint density at radius 2 is 1.96 bits per heavy atom. The SMILES string of the molecule is CC(C)Cc1cccc(C(=O)c2coc3c2C(=O)C(=O)C(Cl)=C3)c1. The Bertz CT molecular complexity index is 887. The van der Waals surface area contributed by atoms with Crippen LogP contribution in [0.1, 0.15) is 51.5 Å². The van der Waals surface area contributed by atoms with E-state index in [0.717, 1.165) is 12.0 Å². The fourth-order valence-corrected chi connectivity index (χ4v) is 2.93. The molecular weight excluding hydrogens is 328 g/mol. The first-order valence-electron chi connectivity index (χ1n) is 7.60. The van der Waals surface area contributed by atoms with Gasteiger partial charge in [-0.2, -0.15) is 0 Å². The van der Waals surface area contributed by atoms with E-state index in [0.29, 0.717) is 11.5 Å². The van der Waals surface area contributed by atoms with Crippen molar-refractivity contribution in [2.45, 2.75) is 20.3 Å². The van der Waals surface area contributed by atoms with Crippen molar-refractivity contribution in [2.24, 2.45) is 5.92 Å². The van der Waals surface area contributed by atoms with Crippen molar-refractivity contribution in [3.8, 4) is 0 Å². The summed E-state index contributed by atoms with van der Waals surface area (Å²) < 4.78 is 5.26. The maximum Gasteiger partial charge on any atom is 0.245 e. The third-order valence-electron chi connectivity index (χ3n) is 3.81. The molecule has 0 N–H and O–H groups in total. The molecular formula is C19H15ClO4. The summed E-state index contributed by atoms with van der Waals surface area (Å²) in [6.07, 6.45) is 3.33. The highest BCUT2D eigenvalue weighted by Crippen LogP contribution is 2.29. The molecule has 3 rings (SSSR count). The number of hydrogen-bond donors (Lipinski definition) is 0. The molecule has 1 aromatic carbocycles. The molecule has 1 aliphatic rings. The second-order valence-electron chi connectivity index (χ2n) is 6.17. The summed E-state index contributed by atoms with van der Waals surface area (Å²) in [5.41, 5.74) is 1.57. The van der Waals surface area contributed by atoms with Gasteiger partial charge in [0.15, 0.2) is 5.78 Å². The summed E-state index contributed by atoms with van der Waals surface area (Å²) in [6, 6.07) is 7.25. The zero-order valence-corrected chi connectivity index (χ0v) is 14.0. The Balaban J connectivity index is 2.02. The molecule has 0 radical (unpaired) electrons. The number of Topliss-reactive ketones (excluding diaryl/α,β-unsaturated/α-hetero) is 2. The molecule has 0 unspecified atom stereocenters. The number of halogens is 1. The predicted molar refractivity (Wildman–Crippen MR) is 90.3 cm³/mol. The average Bonchev–Trinajstić information content (AvgIpc) is 2.95. The van der Waals surface area contributed by atoms with Crippen LogP contribution < -0.4 is 0 Å². The van der Waals surface area contributed by atoms with Crippen molar-refractivity contribution >= 4 is 35.0 Å². The second kappa shape index (κ2) is 6.21. The molecule has 0 bridgehead atoms. The van der Waals surface area contributed by atoms with Crippen LogP contribution in [0.5, 0.6) is 0 Å². The monoisotopic (exact) mass is 342 g/mol. The fourth-order valence-electron chi connectivity index (χ4n) is 2.75. The number of ketones is 3. The molecule has 122 valence electrons. The molecule has 0 aliphatic heterocycles. The molecule has 4 nitrogen and oxygen atoms in total. The van der Waals surface area contributed by atoms with E-state index < -0.39 is 11.6 Å². The Hall–Kier alpha value is -2.46. The summed E-state index contributed by atoms with van der Waals surface area (Å²) in [6.45, 7) is 4.20. The zero-order valence-electron chi connectivity index (χ0n) is 13.3. The van der Waals surface area contributed by atoms with Crippen molar-refractivity contribution in [1.29, 1.82) is 0 Å². The molecule has 0 amide bonds. The van der Waals surface area contributed by atoms with Crippen LogP contribution in [0.3, 0.4) is 0 Å². The lowest BCUT2D eigenvalue weighted by Gasteiger charge is -2.08. The van der Waals surface area contributed by atoms with E-state index in [9.17, 15) is 14.4 Å². The molecule has 1 heterocycles. The third kappa shape index (κ3) is 2.85. The summed E-state index contributed by atoms with van der Waals surface area (Å²) >= 11 is 5.71. The molecule has 5 heteroatoms. The van der Waals surface area contributed by atoms with Crippen LogP contribution >= 0.6 is 11.6 Å². The van der Waals surface area contributed by atoms with Crippen molar-refractivity contribution in [2.75, 3.05) is 0 Å². The van der Waals surface area contributed by atoms with E-state index in [4.69, 9.17) is 16.0 Å². The number of carbonyl (C=O) groups is 3. The van der Waals surface area contributed by atoms with Crippen molar-refractivity contribution in [1.82, 2.24) is 0 Å². The minimum Gasteiger partial charge on any atom is -0.463 e. The second-order valence-corrected chi connectivity index (χ2v) is 6.57. The number of carbonyl (C=O) groups excluding carboxylic acids is 3. The van der Waals surface area contributed by atoms with Gasteiger partial charge < -0.3 is 4.42 Å². The van der Waals surface area contributed by atoms with Gasteiger partial charge in [0.05, 0.1) is 16.2 Å². The maximum atomic E-state index is 12.8. The molecule has 0 atom stereocenters. The highest BCUT2D eigenvalue weighted by atomic mass is 35.5. The van der Waals surface area contributed by atoms with Gasteiger partial charge in [-0.1, -0.05) is 43.6 Å². The average molecular weight is 343 g/mol. The standard InChI is InChI=1S/C19H15ClO4/c1-10(2)6-11-4-3-5-12(7-11)17(21)13-9-24-15-8-14(20)18(22)19(23)16(13)15/h3-5,7-10H,6H2,1-2H3. The lowest BCUT2D eigenvalue weighted by molar-refractivity contribution is -0.111. The van der Waals surface area contributed by atoms with Crippen LogP contribution in [0.2, 0.25) is 0 Å². The summed E-state index contributed by atoms with van der Waals surface area (Å²) in [7, 11) is 0. The largest absolute Gasteiger partial charge is 0.463 e. The van der Waals surface area contributed by atoms with E-state index in [1.54, 1.807) is 18.2 Å². The van der Waals surface area contributed by atoms with E-state index in [1.165, 1.54) is 12.3 Å². The first-order chi connectivity index (χ1) is 11.4. The van der Waals surface area contributed by atoms with Gasteiger partial charge >= 0.3 is 0 Å². The van der Waals surface area contributed by atoms with Crippen LogP contribution in [0.25, 0.3) is 6.08 Å². The van der Waals surface area contributed by atoms with Gasteiger partial charge in [-0.05, 0) is 24.0 Å². The number of allylic oxidation sites excluding steroid dienone is 1. The lowest BCUT2D eigenvalue weighted by Crippen LogP contribution is -2.20. The number of hydrogen-bond acceptors (Lipinski definition) is 4. The molecule has 0 saturated carbocycles. The summed E-state index contributed by atoms with van der Waals surface area (Å²) in [4.78, 5) is 36.7. The minimum absolute atomic E-state index is 0.0105. The first-order valence-corrected chi connectivity index (χ1v) is 7.97. The predicted octanol–water partition coefficient (Wildman–Crippen LogP) is 4.05. The van der Waals surface area contributed by atoms with Gasteiger partial charge in [0.1, 0.15) is 12.0 Å². The Morgan fingerprint density at radius 1 is 1.21 bits per heavy atom. The van der Waals surface area contributed by atoms with Crippen LogP contribution in [-0.4, -0.2) is 17.3 Å². The highest BCUT2D eigenvalue weighted by molar-refractivity contribution is 6.64. The number of rotatable bonds is 4. The van der Waals surface area contributed by atoms with Gasteiger partial charge in [-0.15, -0.1) is 0 Å². The van der Waals surface area contributed by atoms with E-state index >= 15 is 0 Å². The lowest BCUT2D eigenvalue weighted by atomic mass is 9.92. The topological polar surface area (TPSA) is 64.3 Å². The molecule has 24 heavy (non-hydrogen) atoms. The Morgan fingerprint density at radius 3 is 2.67 bits per heavy atom. The van der Waals surface area contributed by atoms with Crippen LogP contribution in [-0.2, 0) is 11.2 Å². The molecule has 0 fully saturated rings. The van der Waals surface area contributed by atoms with Crippen molar-refractivity contribution in [3.63, 3.8) is 0 Å². The van der Waals surface area contributed by atoms with Gasteiger partial charge in [-0.3, -0.25) is 14.4 Å². The van der Waals surface area contributed by atoms with Crippen LogP contribution in [0.4, 0.5) is 0 Å². The normalized spacial score (nSPS) is 13.9. The smallest absolute Gasteiger partial charge is 0.245 e. The third-order valence-corrected chi connectivity index (χ3v) is 4.09. The van der Waals surface area contributed by atoms with Crippen LogP contribution in [0.15, 0.2) is 40.0 Å².